The van der Waals surface area contributed by atoms with Crippen LogP contribution in [0.25, 0.3) is 21.8 Å². The number of hydrogen-bond donors (Lipinski definition) is 4. The van der Waals surface area contributed by atoms with Gasteiger partial charge in [-0.25, -0.2) is 0 Å². The van der Waals surface area contributed by atoms with Crippen LogP contribution in [0.3, 0.4) is 0 Å². The highest BCUT2D eigenvalue weighted by Crippen LogP contribution is 2.24. The van der Waals surface area contributed by atoms with E-state index >= 15 is 0 Å². The Morgan fingerprint density at radius 3 is 1.61 bits per heavy atom. The zero-order valence-electron chi connectivity index (χ0n) is 25.5. The molecule has 0 aliphatic rings. The molecule has 2 amide bonds. The van der Waals surface area contributed by atoms with Gasteiger partial charge in [-0.3, -0.25) is 9.59 Å². The lowest BCUT2D eigenvalue weighted by Crippen LogP contribution is -2.32. The highest BCUT2D eigenvalue weighted by atomic mass is 16.2. The van der Waals surface area contributed by atoms with E-state index in [1.165, 1.54) is 27.4 Å². The van der Waals surface area contributed by atoms with Gasteiger partial charge < -0.3 is 21.0 Å². The molecule has 4 rings (SSSR count). The predicted octanol–water partition coefficient (Wildman–Crippen LogP) is 7.09. The first kappa shape index (κ1) is 31.5. The van der Waals surface area contributed by atoms with Gasteiger partial charge in [0.25, 0.3) is 0 Å². The normalized spacial score (nSPS) is 13.8. The van der Waals surface area contributed by atoms with Crippen LogP contribution in [0.2, 0.25) is 0 Å². The Kier molecular flexibility index (Phi) is 10.4. The van der Waals surface area contributed by atoms with Gasteiger partial charge in [0.2, 0.25) is 11.8 Å². The number of aromatic amines is 2. The molecule has 0 aliphatic heterocycles. The number of carbonyl (C=O) groups excluding carboxylic acids is 2. The zero-order chi connectivity index (χ0) is 30.2. The second-order valence-corrected chi connectivity index (χ2v) is 12.2. The Labute approximate surface area is 244 Å². The average Bonchev–Trinajstić information content (AvgIpc) is 3.55. The summed E-state index contributed by atoms with van der Waals surface area (Å²) < 4.78 is 0. The van der Waals surface area contributed by atoms with E-state index < -0.39 is 10.8 Å². The molecular weight excluding hydrogens is 508 g/mol. The molecule has 0 unspecified atom stereocenters. The molecule has 41 heavy (non-hydrogen) atoms. The van der Waals surface area contributed by atoms with Gasteiger partial charge in [-0.2, -0.15) is 0 Å². The first-order valence-corrected chi connectivity index (χ1v) is 14.3. The van der Waals surface area contributed by atoms with Gasteiger partial charge in [0.15, 0.2) is 0 Å². The minimum absolute atomic E-state index is 0.0399. The predicted molar refractivity (Wildman–Crippen MR) is 171 cm³/mol. The minimum atomic E-state index is -0.589. The third-order valence-corrected chi connectivity index (χ3v) is 7.56. The number of H-pyrrole nitrogens is 2. The van der Waals surface area contributed by atoms with Crippen molar-refractivity contribution in [2.45, 2.75) is 54.4 Å². The van der Waals surface area contributed by atoms with E-state index in [9.17, 15) is 9.59 Å². The molecule has 0 saturated heterocycles. The van der Waals surface area contributed by atoms with Gasteiger partial charge >= 0.3 is 0 Å². The van der Waals surface area contributed by atoms with Crippen molar-refractivity contribution in [3.05, 3.63) is 96.4 Å². The van der Waals surface area contributed by atoms with Crippen LogP contribution in [0.15, 0.2) is 85.2 Å². The molecule has 218 valence electrons. The highest BCUT2D eigenvalue weighted by molar-refractivity contribution is 5.84. The maximum Gasteiger partial charge on any atom is 0.229 e. The van der Waals surface area contributed by atoms with E-state index in [4.69, 9.17) is 5.73 Å². The lowest BCUT2D eigenvalue weighted by molar-refractivity contribution is -0.126. The first-order chi connectivity index (χ1) is 19.3. The van der Waals surface area contributed by atoms with Crippen LogP contribution in [0, 0.1) is 22.7 Å². The third-order valence-electron chi connectivity index (χ3n) is 7.56. The van der Waals surface area contributed by atoms with E-state index in [-0.39, 0.29) is 11.8 Å². The van der Waals surface area contributed by atoms with Crippen molar-refractivity contribution in [1.82, 2.24) is 15.3 Å². The molecule has 0 aliphatic carbocycles. The van der Waals surface area contributed by atoms with Crippen LogP contribution in [0.4, 0.5) is 0 Å². The number of nitrogens with one attached hydrogen (secondary N) is 3. The molecule has 2 atom stereocenters. The summed E-state index contributed by atoms with van der Waals surface area (Å²) in [6.07, 6.45) is 14.2. The fourth-order valence-electron chi connectivity index (χ4n) is 4.72. The third kappa shape index (κ3) is 8.46. The van der Waals surface area contributed by atoms with E-state index in [1.54, 1.807) is 7.05 Å². The maximum atomic E-state index is 11.8. The molecular formula is C35H46N4O2. The fraction of sp³-hybridized carbons (Fsp3) is 0.371. The second-order valence-electron chi connectivity index (χ2n) is 12.2. The van der Waals surface area contributed by atoms with Crippen molar-refractivity contribution in [2.24, 2.45) is 28.4 Å². The number of benzene rings is 2. The maximum absolute atomic E-state index is 11.8. The van der Waals surface area contributed by atoms with Crippen molar-refractivity contribution in [3.8, 4) is 0 Å². The number of carbonyl (C=O) groups is 2. The Morgan fingerprint density at radius 1 is 0.780 bits per heavy atom. The standard InChI is InChI=1S/C18H24N2O.C17H22N2O/c1-13(9-10-18(2,3)17(21)19-4)11-14-12-20-16-8-6-5-7-15(14)16;1-12(8-9-17(2,3)16(18)20)10-13-11-19-15-7-5-4-6-14(13)15/h5-10,12-13,20H,11H2,1-4H3,(H,19,21);4-9,11-12,19H,10H2,1-3H3,(H2,18,20)/b10-9+;9-8+/t13-;12-/m00/s1. The summed E-state index contributed by atoms with van der Waals surface area (Å²) >= 11 is 0. The SMILES string of the molecule is CNC(=O)C(C)(C)/C=C/[C@H](C)Cc1c[nH]c2ccccc12.C[C@@H](/C=C/C(C)(C)C(N)=O)Cc1c[nH]c2ccccc12. The van der Waals surface area contributed by atoms with Gasteiger partial charge in [0.1, 0.15) is 0 Å². The summed E-state index contributed by atoms with van der Waals surface area (Å²) in [5, 5.41) is 5.25. The molecule has 0 spiro atoms. The number of fused-ring (bicyclic) bond motifs is 2. The molecule has 2 aromatic heterocycles. The van der Waals surface area contributed by atoms with E-state index in [2.05, 4.69) is 90.1 Å². The topological polar surface area (TPSA) is 104 Å². The van der Waals surface area contributed by atoms with Gasteiger partial charge in [-0.15, -0.1) is 0 Å². The molecule has 2 heterocycles. The molecule has 0 saturated carbocycles. The Bertz CT molecular complexity index is 1520. The quantitative estimate of drug-likeness (QED) is 0.157. The van der Waals surface area contributed by atoms with Crippen molar-refractivity contribution in [1.29, 1.82) is 0 Å². The minimum Gasteiger partial charge on any atom is -0.369 e. The zero-order valence-corrected chi connectivity index (χ0v) is 25.5. The average molecular weight is 555 g/mol. The number of aromatic nitrogens is 2. The Balaban J connectivity index is 0.000000226. The van der Waals surface area contributed by atoms with Crippen molar-refractivity contribution in [2.75, 3.05) is 7.05 Å². The van der Waals surface area contributed by atoms with E-state index in [0.717, 1.165) is 18.4 Å². The lowest BCUT2D eigenvalue weighted by Gasteiger charge is -2.18. The van der Waals surface area contributed by atoms with Crippen LogP contribution in [0.5, 0.6) is 0 Å². The van der Waals surface area contributed by atoms with Gasteiger partial charge in [-0.05, 0) is 75.6 Å². The van der Waals surface area contributed by atoms with Gasteiger partial charge in [-0.1, -0.05) is 74.5 Å². The highest BCUT2D eigenvalue weighted by Gasteiger charge is 2.23. The molecule has 6 nitrogen and oxygen atoms in total. The summed E-state index contributed by atoms with van der Waals surface area (Å²) in [5.74, 6) is 0.479. The van der Waals surface area contributed by atoms with Crippen LogP contribution < -0.4 is 11.1 Å². The van der Waals surface area contributed by atoms with Crippen LogP contribution in [-0.4, -0.2) is 28.8 Å². The fourth-order valence-corrected chi connectivity index (χ4v) is 4.72. The van der Waals surface area contributed by atoms with Crippen molar-refractivity contribution >= 4 is 33.6 Å². The first-order valence-electron chi connectivity index (χ1n) is 14.3. The number of para-hydroxylation sites is 2. The van der Waals surface area contributed by atoms with Crippen molar-refractivity contribution < 1.29 is 9.59 Å². The summed E-state index contributed by atoms with van der Waals surface area (Å²) in [7, 11) is 1.67. The molecule has 6 heteroatoms. The van der Waals surface area contributed by atoms with E-state index in [0.29, 0.717) is 11.8 Å². The number of allylic oxidation sites excluding steroid dienone is 2. The van der Waals surface area contributed by atoms with E-state index in [1.807, 2.05) is 52.0 Å². The number of primary amides is 1. The van der Waals surface area contributed by atoms with Crippen molar-refractivity contribution in [3.63, 3.8) is 0 Å². The number of amides is 2. The number of rotatable bonds is 10. The molecule has 0 radical (unpaired) electrons. The number of nitrogens with two attached hydrogens (primary N) is 1. The number of hydrogen-bond acceptors (Lipinski definition) is 2. The molecule has 2 aromatic carbocycles. The second kappa shape index (κ2) is 13.5. The van der Waals surface area contributed by atoms with Gasteiger partial charge in [0, 0.05) is 41.2 Å². The largest absolute Gasteiger partial charge is 0.369 e. The summed E-state index contributed by atoms with van der Waals surface area (Å²) in [4.78, 5) is 29.7. The van der Waals surface area contributed by atoms with Crippen LogP contribution in [-0.2, 0) is 22.4 Å². The lowest BCUT2D eigenvalue weighted by atomic mass is 9.89. The van der Waals surface area contributed by atoms with Crippen LogP contribution >= 0.6 is 0 Å². The summed E-state index contributed by atoms with van der Waals surface area (Å²) in [6, 6.07) is 16.6. The van der Waals surface area contributed by atoms with Gasteiger partial charge in [0.05, 0.1) is 10.8 Å². The monoisotopic (exact) mass is 554 g/mol. The molecule has 0 bridgehead atoms. The molecule has 0 fully saturated rings. The summed E-state index contributed by atoms with van der Waals surface area (Å²) in [6.45, 7) is 11.9. The molecule has 5 N–H and O–H groups in total. The Morgan fingerprint density at radius 2 is 1.20 bits per heavy atom. The smallest absolute Gasteiger partial charge is 0.229 e. The molecule has 4 aromatic rings. The van der Waals surface area contributed by atoms with Crippen LogP contribution in [0.1, 0.15) is 52.7 Å². The Hall–Kier alpha value is -4.06. The summed E-state index contributed by atoms with van der Waals surface area (Å²) in [5.41, 5.74) is 9.27.